The van der Waals surface area contributed by atoms with Crippen LogP contribution in [0.3, 0.4) is 0 Å². The van der Waals surface area contributed by atoms with Gasteiger partial charge >= 0.3 is 0 Å². The molecule has 0 amide bonds. The van der Waals surface area contributed by atoms with Gasteiger partial charge in [-0.15, -0.1) is 0 Å². The van der Waals surface area contributed by atoms with Crippen LogP contribution in [0, 0.1) is 11.7 Å². The first-order chi connectivity index (χ1) is 12.8. The maximum absolute atomic E-state index is 13.3. The number of nitrogens with zero attached hydrogens (tertiary/aromatic N) is 4. The Morgan fingerprint density at radius 1 is 1.37 bits per heavy atom. The summed E-state index contributed by atoms with van der Waals surface area (Å²) >= 11 is 5.69. The van der Waals surface area contributed by atoms with Crippen LogP contribution in [0.2, 0.25) is 5.02 Å². The van der Waals surface area contributed by atoms with E-state index in [1.165, 1.54) is 6.33 Å². The Morgan fingerprint density at radius 3 is 2.78 bits per heavy atom. The van der Waals surface area contributed by atoms with E-state index in [4.69, 9.17) is 16.1 Å². The quantitative estimate of drug-likeness (QED) is 0.608. The molecule has 0 aliphatic carbocycles. The fourth-order valence-corrected chi connectivity index (χ4v) is 3.83. The molecule has 2 N–H and O–H groups in total. The summed E-state index contributed by atoms with van der Waals surface area (Å²) in [5.74, 6) is -0.0632. The van der Waals surface area contributed by atoms with Crippen LogP contribution in [0.15, 0.2) is 33.9 Å². The third-order valence-corrected chi connectivity index (χ3v) is 5.33. The predicted octanol–water partition coefficient (Wildman–Crippen LogP) is 2.71. The highest BCUT2D eigenvalue weighted by Crippen LogP contribution is 2.26. The van der Waals surface area contributed by atoms with Gasteiger partial charge in [0.2, 0.25) is 21.7 Å². The smallest absolute Gasteiger partial charge is 0.245 e. The Labute approximate surface area is 159 Å². The number of aromatic nitrogens is 5. The number of benzene rings is 1. The standard InChI is InChI=1S/C15H16ClFN6O3S/c1-8(2)5-12(15-20-14(22-26-15)13-18-7-19-21-13)23-27(24,25)9-3-4-11(17)10(16)6-9/h3-4,6-8,12,23H,5H2,1-2H3,(H,18,19,21)/t12-/m1/s1. The molecule has 0 unspecified atom stereocenters. The van der Waals surface area contributed by atoms with E-state index in [0.29, 0.717) is 12.2 Å². The Hall–Kier alpha value is -2.37. The zero-order chi connectivity index (χ0) is 19.6. The van der Waals surface area contributed by atoms with E-state index in [-0.39, 0.29) is 27.6 Å². The third kappa shape index (κ3) is 4.49. The normalized spacial score (nSPS) is 13.2. The van der Waals surface area contributed by atoms with Crippen molar-refractivity contribution in [2.75, 3.05) is 0 Å². The second-order valence-electron chi connectivity index (χ2n) is 6.17. The van der Waals surface area contributed by atoms with Crippen molar-refractivity contribution >= 4 is 21.6 Å². The second kappa shape index (κ2) is 7.71. The first-order valence-electron chi connectivity index (χ1n) is 7.93. The van der Waals surface area contributed by atoms with Crippen molar-refractivity contribution in [1.29, 1.82) is 0 Å². The van der Waals surface area contributed by atoms with E-state index >= 15 is 0 Å². The van der Waals surface area contributed by atoms with Crippen molar-refractivity contribution in [3.8, 4) is 11.6 Å². The molecule has 1 atom stereocenters. The first kappa shape index (κ1) is 19.4. The molecule has 3 aromatic rings. The molecule has 0 spiro atoms. The number of rotatable bonds is 7. The van der Waals surface area contributed by atoms with Gasteiger partial charge in [-0.25, -0.2) is 17.8 Å². The van der Waals surface area contributed by atoms with Gasteiger partial charge in [0.05, 0.1) is 9.92 Å². The summed E-state index contributed by atoms with van der Waals surface area (Å²) in [5, 5.41) is 9.80. The number of sulfonamides is 1. The largest absolute Gasteiger partial charge is 0.337 e. The van der Waals surface area contributed by atoms with E-state index in [1.54, 1.807) is 0 Å². The lowest BCUT2D eigenvalue weighted by Crippen LogP contribution is -2.30. The summed E-state index contributed by atoms with van der Waals surface area (Å²) in [6.45, 7) is 3.84. The van der Waals surface area contributed by atoms with Gasteiger partial charge in [-0.1, -0.05) is 30.6 Å². The van der Waals surface area contributed by atoms with E-state index < -0.39 is 21.9 Å². The molecule has 0 aliphatic rings. The Bertz CT molecular complexity index is 1020. The topological polar surface area (TPSA) is 127 Å². The van der Waals surface area contributed by atoms with Crippen LogP contribution >= 0.6 is 11.6 Å². The first-order valence-corrected chi connectivity index (χ1v) is 9.79. The maximum atomic E-state index is 13.3. The Balaban J connectivity index is 1.90. The molecule has 0 bridgehead atoms. The summed E-state index contributed by atoms with van der Waals surface area (Å²) < 4.78 is 46.4. The average Bonchev–Trinajstić information content (AvgIpc) is 3.27. The average molecular weight is 415 g/mol. The molecule has 0 radical (unpaired) electrons. The van der Waals surface area contributed by atoms with Gasteiger partial charge in [0.25, 0.3) is 0 Å². The van der Waals surface area contributed by atoms with Crippen molar-refractivity contribution in [1.82, 2.24) is 30.0 Å². The molecule has 3 rings (SSSR count). The number of hydrogen-bond donors (Lipinski definition) is 2. The van der Waals surface area contributed by atoms with E-state index in [1.807, 2.05) is 13.8 Å². The molecule has 144 valence electrons. The molecule has 9 nitrogen and oxygen atoms in total. The highest BCUT2D eigenvalue weighted by atomic mass is 35.5. The Kier molecular flexibility index (Phi) is 5.53. The van der Waals surface area contributed by atoms with Crippen LogP contribution in [-0.2, 0) is 10.0 Å². The van der Waals surface area contributed by atoms with E-state index in [0.717, 1.165) is 18.2 Å². The van der Waals surface area contributed by atoms with Gasteiger partial charge in [-0.3, -0.25) is 5.10 Å². The number of aromatic amines is 1. The van der Waals surface area contributed by atoms with Gasteiger partial charge in [-0.2, -0.15) is 14.8 Å². The van der Waals surface area contributed by atoms with Crippen LogP contribution in [-0.4, -0.2) is 33.7 Å². The van der Waals surface area contributed by atoms with Crippen molar-refractivity contribution in [2.45, 2.75) is 31.2 Å². The summed E-state index contributed by atoms with van der Waals surface area (Å²) in [5.41, 5.74) is 0. The molecular formula is C15H16ClFN6O3S. The predicted molar refractivity (Wildman–Crippen MR) is 93.6 cm³/mol. The molecular weight excluding hydrogens is 399 g/mol. The number of halogens is 2. The van der Waals surface area contributed by atoms with Gasteiger partial charge in [0.1, 0.15) is 18.2 Å². The van der Waals surface area contributed by atoms with Crippen LogP contribution in [0.25, 0.3) is 11.6 Å². The zero-order valence-corrected chi connectivity index (χ0v) is 15.9. The fourth-order valence-electron chi connectivity index (χ4n) is 2.36. The van der Waals surface area contributed by atoms with Gasteiger partial charge in [-0.05, 0) is 30.5 Å². The molecule has 2 aromatic heterocycles. The molecule has 0 saturated heterocycles. The lowest BCUT2D eigenvalue weighted by Gasteiger charge is -2.17. The SMILES string of the molecule is CC(C)C[C@@H](NS(=O)(=O)c1ccc(F)c(Cl)c1)c1nc(-c2ncn[nH]2)no1. The van der Waals surface area contributed by atoms with Crippen molar-refractivity contribution in [3.05, 3.63) is 41.3 Å². The van der Waals surface area contributed by atoms with E-state index in [9.17, 15) is 12.8 Å². The van der Waals surface area contributed by atoms with Crippen molar-refractivity contribution < 1.29 is 17.3 Å². The van der Waals surface area contributed by atoms with Gasteiger partial charge < -0.3 is 4.52 Å². The molecule has 0 aliphatic heterocycles. The monoisotopic (exact) mass is 414 g/mol. The zero-order valence-electron chi connectivity index (χ0n) is 14.3. The Morgan fingerprint density at radius 2 is 2.15 bits per heavy atom. The molecule has 0 fully saturated rings. The number of H-pyrrole nitrogens is 1. The molecule has 12 heteroatoms. The summed E-state index contributed by atoms with van der Waals surface area (Å²) in [6, 6.07) is 2.37. The van der Waals surface area contributed by atoms with Crippen LogP contribution in [0.1, 0.15) is 32.2 Å². The van der Waals surface area contributed by atoms with Crippen molar-refractivity contribution in [2.24, 2.45) is 5.92 Å². The minimum absolute atomic E-state index is 0.0758. The summed E-state index contributed by atoms with van der Waals surface area (Å²) in [4.78, 5) is 7.94. The number of hydrogen-bond acceptors (Lipinski definition) is 7. The minimum atomic E-state index is -4.00. The minimum Gasteiger partial charge on any atom is -0.337 e. The van der Waals surface area contributed by atoms with Gasteiger partial charge in [0, 0.05) is 0 Å². The number of nitrogens with one attached hydrogen (secondary N) is 2. The van der Waals surface area contributed by atoms with Crippen LogP contribution in [0.4, 0.5) is 4.39 Å². The highest BCUT2D eigenvalue weighted by molar-refractivity contribution is 7.89. The maximum Gasteiger partial charge on any atom is 0.245 e. The van der Waals surface area contributed by atoms with Gasteiger partial charge in [0.15, 0.2) is 5.82 Å². The van der Waals surface area contributed by atoms with E-state index in [2.05, 4.69) is 30.0 Å². The van der Waals surface area contributed by atoms with Crippen molar-refractivity contribution in [3.63, 3.8) is 0 Å². The van der Waals surface area contributed by atoms with Crippen LogP contribution < -0.4 is 4.72 Å². The lowest BCUT2D eigenvalue weighted by molar-refractivity contribution is 0.323. The molecule has 1 aromatic carbocycles. The third-order valence-electron chi connectivity index (χ3n) is 3.57. The molecule has 27 heavy (non-hydrogen) atoms. The van der Waals surface area contributed by atoms with Crippen LogP contribution in [0.5, 0.6) is 0 Å². The summed E-state index contributed by atoms with van der Waals surface area (Å²) in [6.07, 6.45) is 1.68. The lowest BCUT2D eigenvalue weighted by atomic mass is 10.0. The molecule has 0 saturated carbocycles. The summed E-state index contributed by atoms with van der Waals surface area (Å²) in [7, 11) is -4.00. The fraction of sp³-hybridized carbons (Fsp3) is 0.333. The second-order valence-corrected chi connectivity index (χ2v) is 8.29. The molecule has 2 heterocycles. The highest BCUT2D eigenvalue weighted by Gasteiger charge is 2.28.